The summed E-state index contributed by atoms with van der Waals surface area (Å²) in [5.74, 6) is -0.490. The van der Waals surface area contributed by atoms with E-state index >= 15 is 0 Å². The van der Waals surface area contributed by atoms with E-state index in [9.17, 15) is 9.59 Å². The van der Waals surface area contributed by atoms with Gasteiger partial charge in [0.15, 0.2) is 0 Å². The summed E-state index contributed by atoms with van der Waals surface area (Å²) < 4.78 is 5.01. The third-order valence-corrected chi connectivity index (χ3v) is 5.02. The van der Waals surface area contributed by atoms with Crippen molar-refractivity contribution in [2.75, 3.05) is 23.9 Å². The van der Waals surface area contributed by atoms with Crippen molar-refractivity contribution in [1.82, 2.24) is 0 Å². The monoisotopic (exact) mass is 330 g/mol. The van der Waals surface area contributed by atoms with E-state index < -0.39 is 5.41 Å². The van der Waals surface area contributed by atoms with Crippen molar-refractivity contribution in [3.05, 3.63) is 23.3 Å². The molecule has 1 N–H and O–H groups in total. The average Bonchev–Trinajstić information content (AvgIpc) is 3.01. The second-order valence-electron chi connectivity index (χ2n) is 7.71. The maximum atomic E-state index is 12.4. The SMILES string of the molecule is COC(=O)c1c(NC(=O)C(C)(C)C)ccc2c1CCC1CCCN21. The number of nitrogens with one attached hydrogen (secondary N) is 1. The standard InChI is InChI=1S/C19H26N2O3/c1-19(2,3)18(23)20-14-9-10-15-13(16(14)17(22)24-4)8-7-12-6-5-11-21(12)15/h9-10,12H,5-8,11H2,1-4H3,(H,20,23). The summed E-state index contributed by atoms with van der Waals surface area (Å²) in [5.41, 5.74) is 2.67. The fourth-order valence-electron chi connectivity index (χ4n) is 3.67. The predicted octanol–water partition coefficient (Wildman–Crippen LogP) is 3.37. The summed E-state index contributed by atoms with van der Waals surface area (Å²) in [7, 11) is 1.39. The van der Waals surface area contributed by atoms with E-state index in [0.717, 1.165) is 30.6 Å². The summed E-state index contributed by atoms with van der Waals surface area (Å²) >= 11 is 0. The highest BCUT2D eigenvalue weighted by atomic mass is 16.5. The van der Waals surface area contributed by atoms with Crippen molar-refractivity contribution < 1.29 is 14.3 Å². The van der Waals surface area contributed by atoms with Gasteiger partial charge in [-0.2, -0.15) is 0 Å². The Morgan fingerprint density at radius 2 is 2.00 bits per heavy atom. The molecular weight excluding hydrogens is 304 g/mol. The number of hydrogen-bond acceptors (Lipinski definition) is 4. The van der Waals surface area contributed by atoms with Crippen molar-refractivity contribution in [2.45, 2.75) is 52.5 Å². The molecule has 1 aromatic rings. The van der Waals surface area contributed by atoms with Gasteiger partial charge in [-0.15, -0.1) is 0 Å². The quantitative estimate of drug-likeness (QED) is 0.845. The van der Waals surface area contributed by atoms with Crippen LogP contribution >= 0.6 is 0 Å². The van der Waals surface area contributed by atoms with E-state index in [-0.39, 0.29) is 11.9 Å². The van der Waals surface area contributed by atoms with Crippen LogP contribution in [-0.4, -0.2) is 31.6 Å². The van der Waals surface area contributed by atoms with Crippen LogP contribution in [0.25, 0.3) is 0 Å². The van der Waals surface area contributed by atoms with Crippen LogP contribution in [0.5, 0.6) is 0 Å². The van der Waals surface area contributed by atoms with Gasteiger partial charge in [-0.05, 0) is 43.4 Å². The molecule has 1 aromatic carbocycles. The zero-order valence-corrected chi connectivity index (χ0v) is 14.9. The predicted molar refractivity (Wildman–Crippen MR) is 94.6 cm³/mol. The van der Waals surface area contributed by atoms with Gasteiger partial charge in [0.05, 0.1) is 18.4 Å². The molecule has 0 aromatic heterocycles. The smallest absolute Gasteiger partial charge is 0.340 e. The minimum Gasteiger partial charge on any atom is -0.465 e. The highest BCUT2D eigenvalue weighted by Gasteiger charge is 2.34. The van der Waals surface area contributed by atoms with Crippen molar-refractivity contribution in [2.24, 2.45) is 5.41 Å². The first-order valence-corrected chi connectivity index (χ1v) is 8.65. The summed E-state index contributed by atoms with van der Waals surface area (Å²) in [6.07, 6.45) is 4.31. The molecule has 5 heteroatoms. The van der Waals surface area contributed by atoms with E-state index in [0.29, 0.717) is 17.3 Å². The van der Waals surface area contributed by atoms with Gasteiger partial charge in [0.25, 0.3) is 0 Å². The molecule has 1 unspecified atom stereocenters. The van der Waals surface area contributed by atoms with E-state index in [1.807, 2.05) is 32.9 Å². The maximum absolute atomic E-state index is 12.4. The normalized spacial score (nSPS) is 19.5. The van der Waals surface area contributed by atoms with Crippen LogP contribution in [0.2, 0.25) is 0 Å². The topological polar surface area (TPSA) is 58.6 Å². The summed E-state index contributed by atoms with van der Waals surface area (Å²) in [4.78, 5) is 27.2. The lowest BCUT2D eigenvalue weighted by Gasteiger charge is -2.35. The van der Waals surface area contributed by atoms with Crippen molar-refractivity contribution in [3.63, 3.8) is 0 Å². The Labute approximate surface area is 143 Å². The minimum atomic E-state index is -0.524. The number of nitrogens with zero attached hydrogens (tertiary/aromatic N) is 1. The molecule has 1 atom stereocenters. The van der Waals surface area contributed by atoms with E-state index in [1.54, 1.807) is 0 Å². The fraction of sp³-hybridized carbons (Fsp3) is 0.579. The zero-order chi connectivity index (χ0) is 17.5. The molecule has 0 spiro atoms. The number of anilines is 2. The Morgan fingerprint density at radius 1 is 1.25 bits per heavy atom. The van der Waals surface area contributed by atoms with Crippen molar-refractivity contribution in [3.8, 4) is 0 Å². The molecule has 5 nitrogen and oxygen atoms in total. The molecule has 3 rings (SSSR count). The molecule has 2 aliphatic heterocycles. The second kappa shape index (κ2) is 6.11. The van der Waals surface area contributed by atoms with Crippen LogP contribution in [-0.2, 0) is 16.0 Å². The highest BCUT2D eigenvalue weighted by molar-refractivity contribution is 6.05. The first-order valence-electron chi connectivity index (χ1n) is 8.65. The number of methoxy groups -OCH3 is 1. The molecule has 0 aliphatic carbocycles. The molecule has 1 fully saturated rings. The Kier molecular flexibility index (Phi) is 4.28. The van der Waals surface area contributed by atoms with Crippen LogP contribution in [0.1, 0.15) is 56.0 Å². The number of hydrogen-bond donors (Lipinski definition) is 1. The molecular formula is C19H26N2O3. The largest absolute Gasteiger partial charge is 0.465 e. The number of carbonyl (C=O) groups excluding carboxylic acids is 2. The minimum absolute atomic E-state index is 0.109. The Bertz CT molecular complexity index is 676. The summed E-state index contributed by atoms with van der Waals surface area (Å²) in [6, 6.07) is 4.46. The Balaban J connectivity index is 2.04. The molecule has 1 amide bonds. The third kappa shape index (κ3) is 2.87. The molecule has 130 valence electrons. The molecule has 0 saturated carbocycles. The lowest BCUT2D eigenvalue weighted by molar-refractivity contribution is -0.123. The fourth-order valence-corrected chi connectivity index (χ4v) is 3.67. The Hall–Kier alpha value is -2.04. The maximum Gasteiger partial charge on any atom is 0.340 e. The van der Waals surface area contributed by atoms with Crippen molar-refractivity contribution >= 4 is 23.3 Å². The first-order chi connectivity index (χ1) is 11.3. The molecule has 1 saturated heterocycles. The van der Waals surface area contributed by atoms with E-state index in [4.69, 9.17) is 4.74 Å². The van der Waals surface area contributed by atoms with Gasteiger partial charge in [-0.3, -0.25) is 4.79 Å². The van der Waals surface area contributed by atoms with E-state index in [2.05, 4.69) is 10.2 Å². The highest BCUT2D eigenvalue weighted by Crippen LogP contribution is 2.40. The van der Waals surface area contributed by atoms with Crippen LogP contribution in [0.15, 0.2) is 12.1 Å². The number of ether oxygens (including phenoxy) is 1. The van der Waals surface area contributed by atoms with Crippen molar-refractivity contribution in [1.29, 1.82) is 0 Å². The lowest BCUT2D eigenvalue weighted by atomic mass is 9.90. The lowest BCUT2D eigenvalue weighted by Crippen LogP contribution is -2.35. The van der Waals surface area contributed by atoms with Gasteiger partial charge in [0.1, 0.15) is 0 Å². The van der Waals surface area contributed by atoms with Gasteiger partial charge in [-0.1, -0.05) is 20.8 Å². The second-order valence-corrected chi connectivity index (χ2v) is 7.71. The number of rotatable bonds is 2. The molecule has 24 heavy (non-hydrogen) atoms. The number of amides is 1. The molecule has 0 bridgehead atoms. The van der Waals surface area contributed by atoms with E-state index in [1.165, 1.54) is 20.0 Å². The molecule has 2 heterocycles. The summed E-state index contributed by atoms with van der Waals surface area (Å²) in [6.45, 7) is 6.60. The number of benzene rings is 1. The molecule has 2 aliphatic rings. The van der Waals surface area contributed by atoms with Gasteiger partial charge < -0.3 is 15.0 Å². The van der Waals surface area contributed by atoms with Gasteiger partial charge in [0.2, 0.25) is 5.91 Å². The number of carbonyl (C=O) groups is 2. The summed E-state index contributed by atoms with van der Waals surface area (Å²) in [5, 5.41) is 2.92. The number of esters is 1. The van der Waals surface area contributed by atoms with Gasteiger partial charge >= 0.3 is 5.97 Å². The Morgan fingerprint density at radius 3 is 2.67 bits per heavy atom. The van der Waals surface area contributed by atoms with Gasteiger partial charge in [0, 0.05) is 23.7 Å². The molecule has 0 radical (unpaired) electrons. The van der Waals surface area contributed by atoms with Crippen LogP contribution in [0, 0.1) is 5.41 Å². The van der Waals surface area contributed by atoms with Gasteiger partial charge in [-0.25, -0.2) is 4.79 Å². The van der Waals surface area contributed by atoms with Crippen LogP contribution in [0.4, 0.5) is 11.4 Å². The zero-order valence-electron chi connectivity index (χ0n) is 14.9. The number of fused-ring (bicyclic) bond motifs is 3. The van der Waals surface area contributed by atoms with Crippen LogP contribution < -0.4 is 10.2 Å². The first kappa shape index (κ1) is 16.8. The van der Waals surface area contributed by atoms with Crippen LogP contribution in [0.3, 0.4) is 0 Å². The third-order valence-electron chi connectivity index (χ3n) is 5.02. The average molecular weight is 330 g/mol.